The Labute approximate surface area is 158 Å². The highest BCUT2D eigenvalue weighted by atomic mass is 19.1. The van der Waals surface area contributed by atoms with Gasteiger partial charge in [-0.2, -0.15) is 0 Å². The summed E-state index contributed by atoms with van der Waals surface area (Å²) in [6, 6.07) is 12.1. The molecule has 0 aromatic heterocycles. The van der Waals surface area contributed by atoms with Crippen LogP contribution in [0.5, 0.6) is 11.5 Å². The lowest BCUT2D eigenvalue weighted by molar-refractivity contribution is -0.120. The highest BCUT2D eigenvalue weighted by Gasteiger charge is 2.26. The summed E-state index contributed by atoms with van der Waals surface area (Å²) in [4.78, 5) is 14.8. The molecule has 1 fully saturated rings. The standard InChI is InChI=1S/C21H23FN2O3/c22-17-6-3-15(4-7-17)11-21(25)23-13-18(24-9-1-2-10-24)16-5-8-19-20(12-16)27-14-26-19/h3-8,12,18H,1-2,9-11,13-14H2,(H,23,25). The number of benzene rings is 2. The molecule has 2 aliphatic rings. The molecule has 1 amide bonds. The molecule has 2 heterocycles. The van der Waals surface area contributed by atoms with Crippen molar-refractivity contribution >= 4 is 5.91 Å². The smallest absolute Gasteiger partial charge is 0.231 e. The third-order valence-electron chi connectivity index (χ3n) is 5.13. The van der Waals surface area contributed by atoms with E-state index in [0.29, 0.717) is 6.54 Å². The van der Waals surface area contributed by atoms with Crippen molar-refractivity contribution in [3.8, 4) is 11.5 Å². The van der Waals surface area contributed by atoms with Crippen LogP contribution in [0.25, 0.3) is 0 Å². The lowest BCUT2D eigenvalue weighted by atomic mass is 10.0. The Morgan fingerprint density at radius 3 is 2.59 bits per heavy atom. The van der Waals surface area contributed by atoms with E-state index >= 15 is 0 Å². The van der Waals surface area contributed by atoms with Gasteiger partial charge in [0, 0.05) is 6.54 Å². The molecule has 0 saturated carbocycles. The first-order valence-electron chi connectivity index (χ1n) is 9.34. The number of likely N-dealkylation sites (tertiary alicyclic amines) is 1. The predicted octanol–water partition coefficient (Wildman–Crippen LogP) is 3.05. The van der Waals surface area contributed by atoms with E-state index in [1.165, 1.54) is 25.0 Å². The third-order valence-corrected chi connectivity index (χ3v) is 5.13. The van der Waals surface area contributed by atoms with Gasteiger partial charge in [0.2, 0.25) is 12.7 Å². The first kappa shape index (κ1) is 17.8. The molecule has 0 radical (unpaired) electrons. The quantitative estimate of drug-likeness (QED) is 0.849. The van der Waals surface area contributed by atoms with Gasteiger partial charge in [-0.3, -0.25) is 9.69 Å². The van der Waals surface area contributed by atoms with Gasteiger partial charge in [-0.1, -0.05) is 18.2 Å². The Morgan fingerprint density at radius 1 is 1.07 bits per heavy atom. The molecule has 2 aliphatic heterocycles. The van der Waals surface area contributed by atoms with Crippen LogP contribution >= 0.6 is 0 Å². The number of nitrogens with one attached hydrogen (secondary N) is 1. The van der Waals surface area contributed by atoms with Gasteiger partial charge < -0.3 is 14.8 Å². The fraction of sp³-hybridized carbons (Fsp3) is 0.381. The molecule has 27 heavy (non-hydrogen) atoms. The van der Waals surface area contributed by atoms with Crippen LogP contribution in [0.1, 0.15) is 30.0 Å². The second-order valence-corrected chi connectivity index (χ2v) is 6.98. The van der Waals surface area contributed by atoms with E-state index in [1.54, 1.807) is 12.1 Å². The van der Waals surface area contributed by atoms with Crippen LogP contribution in [-0.2, 0) is 11.2 Å². The van der Waals surface area contributed by atoms with Crippen LogP contribution in [0.2, 0.25) is 0 Å². The minimum atomic E-state index is -0.295. The van der Waals surface area contributed by atoms with E-state index in [1.807, 2.05) is 18.2 Å². The monoisotopic (exact) mass is 370 g/mol. The van der Waals surface area contributed by atoms with Crippen LogP contribution < -0.4 is 14.8 Å². The maximum Gasteiger partial charge on any atom is 0.231 e. The zero-order chi connectivity index (χ0) is 18.6. The molecule has 6 heteroatoms. The molecule has 1 atom stereocenters. The van der Waals surface area contributed by atoms with E-state index in [4.69, 9.17) is 9.47 Å². The van der Waals surface area contributed by atoms with Crippen molar-refractivity contribution in [2.24, 2.45) is 0 Å². The molecular weight excluding hydrogens is 347 g/mol. The molecule has 4 rings (SSSR count). The van der Waals surface area contributed by atoms with Crippen molar-refractivity contribution in [2.75, 3.05) is 26.4 Å². The number of amides is 1. The summed E-state index contributed by atoms with van der Waals surface area (Å²) in [5, 5.41) is 3.04. The predicted molar refractivity (Wildman–Crippen MR) is 99.2 cm³/mol. The maximum absolute atomic E-state index is 13.0. The number of hydrogen-bond acceptors (Lipinski definition) is 4. The second kappa shape index (κ2) is 7.96. The highest BCUT2D eigenvalue weighted by Crippen LogP contribution is 2.36. The van der Waals surface area contributed by atoms with E-state index < -0.39 is 0 Å². The maximum atomic E-state index is 13.0. The molecule has 1 N–H and O–H groups in total. The Kier molecular flexibility index (Phi) is 5.25. The summed E-state index contributed by atoms with van der Waals surface area (Å²) in [6.07, 6.45) is 2.59. The fourth-order valence-electron chi connectivity index (χ4n) is 3.69. The first-order valence-corrected chi connectivity index (χ1v) is 9.34. The van der Waals surface area contributed by atoms with Crippen molar-refractivity contribution in [2.45, 2.75) is 25.3 Å². The number of halogens is 1. The Balaban J connectivity index is 1.43. The molecule has 0 bridgehead atoms. The molecule has 0 aliphatic carbocycles. The Morgan fingerprint density at radius 2 is 1.81 bits per heavy atom. The normalized spacial score (nSPS) is 17.1. The molecule has 142 valence electrons. The summed E-state index contributed by atoms with van der Waals surface area (Å²) < 4.78 is 23.9. The van der Waals surface area contributed by atoms with Crippen molar-refractivity contribution in [1.82, 2.24) is 10.2 Å². The van der Waals surface area contributed by atoms with Gasteiger partial charge >= 0.3 is 0 Å². The Bertz CT molecular complexity index is 804. The molecule has 2 aromatic carbocycles. The SMILES string of the molecule is O=C(Cc1ccc(F)cc1)NCC(c1ccc2c(c1)OCO2)N1CCCC1. The minimum Gasteiger partial charge on any atom is -0.454 e. The largest absolute Gasteiger partial charge is 0.454 e. The molecule has 1 unspecified atom stereocenters. The van der Waals surface area contributed by atoms with E-state index in [9.17, 15) is 9.18 Å². The summed E-state index contributed by atoms with van der Waals surface area (Å²) in [5.74, 6) is 1.16. The molecule has 5 nitrogen and oxygen atoms in total. The Hall–Kier alpha value is -2.60. The number of rotatable bonds is 6. The second-order valence-electron chi connectivity index (χ2n) is 6.98. The van der Waals surface area contributed by atoms with Crippen molar-refractivity contribution in [3.05, 3.63) is 59.4 Å². The van der Waals surface area contributed by atoms with E-state index in [2.05, 4.69) is 10.2 Å². The summed E-state index contributed by atoms with van der Waals surface area (Å²) in [5.41, 5.74) is 1.91. The fourth-order valence-corrected chi connectivity index (χ4v) is 3.69. The first-order chi connectivity index (χ1) is 13.2. The van der Waals surface area contributed by atoms with Crippen molar-refractivity contribution in [3.63, 3.8) is 0 Å². The number of hydrogen-bond donors (Lipinski definition) is 1. The number of fused-ring (bicyclic) bond motifs is 1. The molecule has 1 saturated heterocycles. The average Bonchev–Trinajstić information content (AvgIpc) is 3.35. The summed E-state index contributed by atoms with van der Waals surface area (Å²) in [6.45, 7) is 2.82. The van der Waals surface area contributed by atoms with E-state index in [0.717, 1.165) is 35.7 Å². The van der Waals surface area contributed by atoms with Gasteiger partial charge in [0.1, 0.15) is 5.82 Å². The van der Waals surface area contributed by atoms with Gasteiger partial charge in [0.25, 0.3) is 0 Å². The third kappa shape index (κ3) is 4.22. The molecule has 0 spiro atoms. The summed E-state index contributed by atoms with van der Waals surface area (Å²) in [7, 11) is 0. The zero-order valence-electron chi connectivity index (χ0n) is 15.1. The molecular formula is C21H23FN2O3. The van der Waals surface area contributed by atoms with Crippen LogP contribution in [0, 0.1) is 5.82 Å². The van der Waals surface area contributed by atoms with Crippen molar-refractivity contribution in [1.29, 1.82) is 0 Å². The topological polar surface area (TPSA) is 50.8 Å². The van der Waals surface area contributed by atoms with Gasteiger partial charge in [0.05, 0.1) is 12.5 Å². The zero-order valence-corrected chi connectivity index (χ0v) is 15.1. The average molecular weight is 370 g/mol. The van der Waals surface area contributed by atoms with Crippen LogP contribution in [0.15, 0.2) is 42.5 Å². The minimum absolute atomic E-state index is 0.0634. The summed E-state index contributed by atoms with van der Waals surface area (Å²) >= 11 is 0. The van der Waals surface area contributed by atoms with E-state index in [-0.39, 0.29) is 31.0 Å². The van der Waals surface area contributed by atoms with Crippen LogP contribution in [0.4, 0.5) is 4.39 Å². The van der Waals surface area contributed by atoms with Crippen LogP contribution in [-0.4, -0.2) is 37.2 Å². The van der Waals surface area contributed by atoms with Crippen molar-refractivity contribution < 1.29 is 18.7 Å². The van der Waals surface area contributed by atoms with Gasteiger partial charge in [-0.05, 0) is 61.3 Å². The lowest BCUT2D eigenvalue weighted by Gasteiger charge is -2.28. The number of ether oxygens (including phenoxy) is 2. The molecule has 2 aromatic rings. The lowest BCUT2D eigenvalue weighted by Crippen LogP contribution is -2.37. The van der Waals surface area contributed by atoms with Gasteiger partial charge in [-0.15, -0.1) is 0 Å². The van der Waals surface area contributed by atoms with Gasteiger partial charge in [0.15, 0.2) is 11.5 Å². The highest BCUT2D eigenvalue weighted by molar-refractivity contribution is 5.78. The van der Waals surface area contributed by atoms with Crippen LogP contribution in [0.3, 0.4) is 0 Å². The number of carbonyl (C=O) groups is 1. The van der Waals surface area contributed by atoms with Gasteiger partial charge in [-0.25, -0.2) is 4.39 Å². The number of nitrogens with zero attached hydrogens (tertiary/aromatic N) is 1. The number of carbonyl (C=O) groups excluding carboxylic acids is 1.